The minimum absolute atomic E-state index is 0.0451. The summed E-state index contributed by atoms with van der Waals surface area (Å²) in [5, 5.41) is 0.836. The molecule has 0 fully saturated rings. The van der Waals surface area contributed by atoms with Crippen molar-refractivity contribution in [3.05, 3.63) is 47.7 Å². The average Bonchev–Trinajstić information content (AvgIpc) is 3.08. The Balaban J connectivity index is 2.10. The maximum atomic E-state index is 13.2. The van der Waals surface area contributed by atoms with Crippen molar-refractivity contribution >= 4 is 33.6 Å². The van der Waals surface area contributed by atoms with Crippen LogP contribution in [0.25, 0.3) is 32.9 Å². The molecule has 2 heterocycles. The molecule has 0 aliphatic rings. The molecule has 0 spiro atoms. The highest BCUT2D eigenvalue weighted by Crippen LogP contribution is 2.41. The largest absolute Gasteiger partial charge is 0.416 e. The number of nitrogen functional groups attached to an aromatic ring is 2. The van der Waals surface area contributed by atoms with Crippen molar-refractivity contribution in [2.45, 2.75) is 12.4 Å². The van der Waals surface area contributed by atoms with E-state index in [4.69, 9.17) is 11.5 Å². The molecule has 0 saturated heterocycles. The topological polar surface area (TPSA) is 93.6 Å². The normalized spacial score (nSPS) is 12.8. The van der Waals surface area contributed by atoms with E-state index in [1.54, 1.807) is 6.07 Å². The van der Waals surface area contributed by atoms with E-state index in [1.807, 2.05) is 0 Å². The first kappa shape index (κ1) is 18.8. The first-order valence-corrected chi connectivity index (χ1v) is 8.08. The van der Waals surface area contributed by atoms with E-state index in [0.29, 0.717) is 28.4 Å². The van der Waals surface area contributed by atoms with Crippen molar-refractivity contribution in [2.24, 2.45) is 0 Å². The zero-order valence-corrected chi connectivity index (χ0v) is 14.3. The Kier molecular flexibility index (Phi) is 3.90. The Morgan fingerprint density at radius 2 is 1.45 bits per heavy atom. The molecule has 0 saturated carbocycles. The molecule has 5 N–H and O–H groups in total. The number of nitrogens with two attached hydrogens (primary N) is 2. The lowest BCUT2D eigenvalue weighted by atomic mass is 9.96. The number of H-pyrrole nitrogens is 1. The number of hydrogen-bond acceptors (Lipinski definition) is 4. The number of alkyl halides is 6. The highest BCUT2D eigenvalue weighted by atomic mass is 19.4. The third-order valence-electron chi connectivity index (χ3n) is 4.45. The fraction of sp³-hybridized carbons (Fsp3) is 0.111. The maximum Gasteiger partial charge on any atom is 0.416 e. The van der Waals surface area contributed by atoms with Crippen LogP contribution in [0.3, 0.4) is 0 Å². The van der Waals surface area contributed by atoms with Gasteiger partial charge in [-0.1, -0.05) is 0 Å². The predicted octanol–water partition coefficient (Wildman–Crippen LogP) is 4.98. The predicted molar refractivity (Wildman–Crippen MR) is 95.7 cm³/mol. The number of nitrogens with one attached hydrogen (secondary N) is 1. The molecule has 0 amide bonds. The summed E-state index contributed by atoms with van der Waals surface area (Å²) < 4.78 is 79.4. The van der Waals surface area contributed by atoms with Gasteiger partial charge in [0.15, 0.2) is 0 Å². The summed E-state index contributed by atoms with van der Waals surface area (Å²) >= 11 is 0. The van der Waals surface area contributed by atoms with E-state index in [9.17, 15) is 26.3 Å². The van der Waals surface area contributed by atoms with Gasteiger partial charge in [-0.25, -0.2) is 4.98 Å². The van der Waals surface area contributed by atoms with Crippen molar-refractivity contribution in [3.63, 3.8) is 0 Å². The number of halogens is 6. The summed E-state index contributed by atoms with van der Waals surface area (Å²) in [6, 6.07) is 4.30. The maximum absolute atomic E-state index is 13.2. The second-order valence-corrected chi connectivity index (χ2v) is 6.35. The second kappa shape index (κ2) is 6.00. The Morgan fingerprint density at radius 1 is 0.828 bits per heavy atom. The van der Waals surface area contributed by atoms with E-state index in [-0.39, 0.29) is 34.5 Å². The number of rotatable bonds is 1. The molecular formula is C18H11F6N5. The zero-order chi connectivity index (χ0) is 21.1. The lowest BCUT2D eigenvalue weighted by Crippen LogP contribution is -2.11. The third kappa shape index (κ3) is 3.18. The monoisotopic (exact) mass is 411 g/mol. The SMILES string of the molecule is Nc1nc(N)c2c(cc(-c3cc(C(F)(F)F)cc(C(F)(F)F)c3)c3[nH]ccc32)n1. The number of nitrogens with zero attached hydrogens (tertiary/aromatic N) is 2. The highest BCUT2D eigenvalue weighted by molar-refractivity contribution is 6.15. The van der Waals surface area contributed by atoms with Gasteiger partial charge >= 0.3 is 12.4 Å². The van der Waals surface area contributed by atoms with Gasteiger partial charge in [0.2, 0.25) is 5.95 Å². The molecule has 0 atom stereocenters. The molecule has 5 nitrogen and oxygen atoms in total. The van der Waals surface area contributed by atoms with E-state index < -0.39 is 23.5 Å². The van der Waals surface area contributed by atoms with Gasteiger partial charge in [-0.15, -0.1) is 0 Å². The minimum atomic E-state index is -4.96. The van der Waals surface area contributed by atoms with E-state index in [2.05, 4.69) is 15.0 Å². The summed E-state index contributed by atoms with van der Waals surface area (Å²) in [7, 11) is 0. The van der Waals surface area contributed by atoms with Crippen molar-refractivity contribution in [1.29, 1.82) is 0 Å². The number of benzene rings is 2. The van der Waals surface area contributed by atoms with E-state index >= 15 is 0 Å². The van der Waals surface area contributed by atoms with Crippen LogP contribution >= 0.6 is 0 Å². The molecule has 29 heavy (non-hydrogen) atoms. The van der Waals surface area contributed by atoms with Gasteiger partial charge in [-0.2, -0.15) is 31.3 Å². The van der Waals surface area contributed by atoms with Crippen LogP contribution < -0.4 is 11.5 Å². The van der Waals surface area contributed by atoms with Gasteiger partial charge in [0.25, 0.3) is 0 Å². The molecule has 0 aliphatic heterocycles. The molecule has 150 valence electrons. The number of anilines is 2. The van der Waals surface area contributed by atoms with E-state index in [0.717, 1.165) is 0 Å². The summed E-state index contributed by atoms with van der Waals surface area (Å²) in [4.78, 5) is 10.7. The molecule has 11 heteroatoms. The zero-order valence-electron chi connectivity index (χ0n) is 14.3. The lowest BCUT2D eigenvalue weighted by molar-refractivity contribution is -0.143. The smallest absolute Gasteiger partial charge is 0.383 e. The fourth-order valence-electron chi connectivity index (χ4n) is 3.24. The first-order chi connectivity index (χ1) is 13.4. The third-order valence-corrected chi connectivity index (χ3v) is 4.45. The van der Waals surface area contributed by atoms with Gasteiger partial charge in [0.1, 0.15) is 5.82 Å². The van der Waals surface area contributed by atoms with Gasteiger partial charge in [0, 0.05) is 17.1 Å². The summed E-state index contributed by atoms with van der Waals surface area (Å²) in [5.74, 6) is -0.125. The van der Waals surface area contributed by atoms with Crippen LogP contribution in [-0.4, -0.2) is 15.0 Å². The molecule has 0 aliphatic carbocycles. The first-order valence-electron chi connectivity index (χ1n) is 8.08. The Morgan fingerprint density at radius 3 is 2.03 bits per heavy atom. The number of aromatic amines is 1. The van der Waals surface area contributed by atoms with Crippen LogP contribution in [0, 0.1) is 0 Å². The molecule has 4 aromatic rings. The van der Waals surface area contributed by atoms with Crippen molar-refractivity contribution < 1.29 is 26.3 Å². The van der Waals surface area contributed by atoms with Crippen LogP contribution in [0.4, 0.5) is 38.1 Å². The van der Waals surface area contributed by atoms with Crippen molar-refractivity contribution in [2.75, 3.05) is 11.5 Å². The second-order valence-electron chi connectivity index (χ2n) is 6.35. The van der Waals surface area contributed by atoms with Gasteiger partial charge in [-0.3, -0.25) is 0 Å². The van der Waals surface area contributed by atoms with Crippen LogP contribution in [0.15, 0.2) is 36.5 Å². The lowest BCUT2D eigenvalue weighted by Gasteiger charge is -2.15. The number of hydrogen-bond donors (Lipinski definition) is 3. The molecule has 0 bridgehead atoms. The number of fused-ring (bicyclic) bond motifs is 3. The van der Waals surface area contributed by atoms with Crippen molar-refractivity contribution in [3.8, 4) is 11.1 Å². The van der Waals surface area contributed by atoms with Crippen LogP contribution in [0.1, 0.15) is 11.1 Å². The van der Waals surface area contributed by atoms with E-state index in [1.165, 1.54) is 12.3 Å². The standard InChI is InChI=1S/C18H11F6N5/c19-17(20,21)8-3-7(4-9(5-8)18(22,23)24)11-6-12-13(10-1-2-27-14(10)11)15(25)29-16(26)28-12/h1-6,27H,(H4,25,26,28,29). The van der Waals surface area contributed by atoms with Crippen LogP contribution in [-0.2, 0) is 12.4 Å². The molecule has 2 aromatic carbocycles. The highest BCUT2D eigenvalue weighted by Gasteiger charge is 2.37. The Labute approximate surface area is 158 Å². The summed E-state index contributed by atoms with van der Waals surface area (Å²) in [5.41, 5.74) is 8.96. The van der Waals surface area contributed by atoms with Crippen LogP contribution in [0.2, 0.25) is 0 Å². The Hall–Kier alpha value is -3.50. The Bertz CT molecular complexity index is 1220. The molecule has 0 unspecified atom stereocenters. The van der Waals surface area contributed by atoms with Crippen molar-refractivity contribution in [1.82, 2.24) is 15.0 Å². The number of aromatic nitrogens is 3. The van der Waals surface area contributed by atoms with Gasteiger partial charge in [0.05, 0.1) is 27.5 Å². The quantitative estimate of drug-likeness (QED) is 0.385. The van der Waals surface area contributed by atoms with Gasteiger partial charge < -0.3 is 16.5 Å². The minimum Gasteiger partial charge on any atom is -0.383 e. The summed E-state index contributed by atoms with van der Waals surface area (Å²) in [6.45, 7) is 0. The average molecular weight is 411 g/mol. The molecule has 4 rings (SSSR count). The molecular weight excluding hydrogens is 400 g/mol. The van der Waals surface area contributed by atoms with Crippen LogP contribution in [0.5, 0.6) is 0 Å². The van der Waals surface area contributed by atoms with Gasteiger partial charge in [-0.05, 0) is 35.9 Å². The fourth-order valence-corrected chi connectivity index (χ4v) is 3.24. The summed E-state index contributed by atoms with van der Waals surface area (Å²) in [6.07, 6.45) is -8.43. The molecule has 0 radical (unpaired) electrons. The molecule has 2 aromatic heterocycles.